The smallest absolute Gasteiger partial charge is 0.227 e. The third-order valence-corrected chi connectivity index (χ3v) is 4.49. The maximum Gasteiger partial charge on any atom is 0.227 e. The molecular weight excluding hydrogens is 254 g/mol. The molecule has 1 fully saturated rings. The minimum Gasteiger partial charge on any atom is -0.355 e. The second-order valence-electron chi connectivity index (χ2n) is 5.81. The van der Waals surface area contributed by atoms with E-state index < -0.39 is 0 Å². The quantitative estimate of drug-likeness (QED) is 0.732. The lowest BCUT2D eigenvalue weighted by Gasteiger charge is -2.31. The monoisotopic (exact) mass is 283 g/mol. The van der Waals surface area contributed by atoms with Crippen LogP contribution in [0, 0.1) is 11.3 Å². The fourth-order valence-electron chi connectivity index (χ4n) is 2.85. The summed E-state index contributed by atoms with van der Waals surface area (Å²) in [6.45, 7) is 11.6. The largest absolute Gasteiger partial charge is 0.355 e. The van der Waals surface area contributed by atoms with E-state index in [9.17, 15) is 9.59 Å². The maximum atomic E-state index is 12.4. The van der Waals surface area contributed by atoms with Crippen molar-refractivity contribution < 1.29 is 9.59 Å². The van der Waals surface area contributed by atoms with Crippen LogP contribution in [0.4, 0.5) is 0 Å². The van der Waals surface area contributed by atoms with Crippen LogP contribution in [-0.4, -0.2) is 49.4 Å². The number of carbonyl (C=O) groups is 2. The summed E-state index contributed by atoms with van der Waals surface area (Å²) in [5.74, 6) is 0.499. The number of nitrogens with one attached hydrogen (secondary N) is 2. The minimum atomic E-state index is -0.307. The highest BCUT2D eigenvalue weighted by Gasteiger charge is 2.43. The van der Waals surface area contributed by atoms with Crippen molar-refractivity contribution in [2.24, 2.45) is 11.3 Å². The van der Waals surface area contributed by atoms with Crippen molar-refractivity contribution in [1.82, 2.24) is 15.5 Å². The summed E-state index contributed by atoms with van der Waals surface area (Å²) in [5.41, 5.74) is -0.307. The number of carbonyl (C=O) groups excluding carboxylic acids is 2. The fraction of sp³-hybridized carbons (Fsp3) is 0.867. The summed E-state index contributed by atoms with van der Waals surface area (Å²) in [7, 11) is 0. The van der Waals surface area contributed by atoms with Gasteiger partial charge in [0.1, 0.15) is 0 Å². The number of hydrogen-bond acceptors (Lipinski definition) is 3. The van der Waals surface area contributed by atoms with E-state index in [1.165, 1.54) is 0 Å². The lowest BCUT2D eigenvalue weighted by atomic mass is 9.75. The molecule has 20 heavy (non-hydrogen) atoms. The molecule has 0 aliphatic carbocycles. The lowest BCUT2D eigenvalue weighted by molar-refractivity contribution is -0.133. The summed E-state index contributed by atoms with van der Waals surface area (Å²) in [6.07, 6.45) is 1.26. The maximum absolute atomic E-state index is 12.4. The molecule has 1 heterocycles. The molecule has 116 valence electrons. The highest BCUT2D eigenvalue weighted by molar-refractivity contribution is 5.84. The summed E-state index contributed by atoms with van der Waals surface area (Å²) in [4.78, 5) is 26.1. The Balaban J connectivity index is 2.45. The molecule has 1 unspecified atom stereocenters. The van der Waals surface area contributed by atoms with E-state index in [1.807, 2.05) is 13.8 Å². The second kappa shape index (κ2) is 7.62. The van der Waals surface area contributed by atoms with Crippen molar-refractivity contribution in [3.63, 3.8) is 0 Å². The van der Waals surface area contributed by atoms with Crippen LogP contribution < -0.4 is 10.6 Å². The Kier molecular flexibility index (Phi) is 6.46. The topological polar surface area (TPSA) is 61.4 Å². The van der Waals surface area contributed by atoms with E-state index in [-0.39, 0.29) is 17.2 Å². The van der Waals surface area contributed by atoms with Crippen molar-refractivity contribution in [3.8, 4) is 0 Å². The summed E-state index contributed by atoms with van der Waals surface area (Å²) in [5, 5.41) is 6.23. The first-order valence-corrected chi connectivity index (χ1v) is 7.74. The van der Waals surface area contributed by atoms with Gasteiger partial charge >= 0.3 is 0 Å². The molecular formula is C15H29N3O2. The first-order chi connectivity index (χ1) is 9.47. The van der Waals surface area contributed by atoms with Crippen molar-refractivity contribution in [2.45, 2.75) is 40.5 Å². The Bertz CT molecular complexity index is 332. The third-order valence-electron chi connectivity index (χ3n) is 4.49. The van der Waals surface area contributed by atoms with Gasteiger partial charge in [-0.05, 0) is 32.7 Å². The Labute approximate surface area is 122 Å². The van der Waals surface area contributed by atoms with E-state index >= 15 is 0 Å². The van der Waals surface area contributed by atoms with Crippen LogP contribution in [0.15, 0.2) is 0 Å². The number of rotatable bonds is 7. The van der Waals surface area contributed by atoms with Gasteiger partial charge in [-0.3, -0.25) is 9.59 Å². The number of nitrogens with zero attached hydrogens (tertiary/aromatic N) is 1. The van der Waals surface area contributed by atoms with Crippen molar-refractivity contribution in [3.05, 3.63) is 0 Å². The predicted octanol–water partition coefficient (Wildman–Crippen LogP) is 0.997. The van der Waals surface area contributed by atoms with Gasteiger partial charge in [-0.2, -0.15) is 0 Å². The van der Waals surface area contributed by atoms with Crippen molar-refractivity contribution in [1.29, 1.82) is 0 Å². The summed E-state index contributed by atoms with van der Waals surface area (Å²) >= 11 is 0. The predicted molar refractivity (Wildman–Crippen MR) is 80.3 cm³/mol. The van der Waals surface area contributed by atoms with Crippen LogP contribution in [0.1, 0.15) is 40.5 Å². The van der Waals surface area contributed by atoms with Gasteiger partial charge in [0.15, 0.2) is 0 Å². The van der Waals surface area contributed by atoms with E-state index in [4.69, 9.17) is 0 Å². The molecule has 5 heteroatoms. The zero-order chi connectivity index (χ0) is 15.2. The molecule has 1 aliphatic rings. The highest BCUT2D eigenvalue weighted by Crippen LogP contribution is 2.34. The van der Waals surface area contributed by atoms with Gasteiger partial charge in [-0.15, -0.1) is 0 Å². The normalized spacial score (nSPS) is 22.1. The molecule has 0 radical (unpaired) electrons. The van der Waals surface area contributed by atoms with Crippen LogP contribution in [-0.2, 0) is 9.59 Å². The van der Waals surface area contributed by atoms with E-state index in [2.05, 4.69) is 24.5 Å². The zero-order valence-electron chi connectivity index (χ0n) is 13.3. The standard InChI is InChI=1S/C15H29N3O2/c1-5-18(6-2)13(19)7-9-17-14(20)15(12(3)4)8-10-16-11-15/h12,16H,5-11H2,1-4H3,(H,17,20). The van der Waals surface area contributed by atoms with Gasteiger partial charge in [0.2, 0.25) is 11.8 Å². The summed E-state index contributed by atoms with van der Waals surface area (Å²) in [6, 6.07) is 0. The van der Waals surface area contributed by atoms with Gasteiger partial charge < -0.3 is 15.5 Å². The number of amides is 2. The van der Waals surface area contributed by atoms with Crippen molar-refractivity contribution in [2.75, 3.05) is 32.7 Å². The second-order valence-corrected chi connectivity index (χ2v) is 5.81. The minimum absolute atomic E-state index is 0.0878. The van der Waals surface area contributed by atoms with Gasteiger partial charge in [0.05, 0.1) is 5.41 Å². The molecule has 1 aliphatic heterocycles. The van der Waals surface area contributed by atoms with Crippen LogP contribution in [0.3, 0.4) is 0 Å². The summed E-state index contributed by atoms with van der Waals surface area (Å²) < 4.78 is 0. The van der Waals surface area contributed by atoms with Crippen LogP contribution >= 0.6 is 0 Å². The van der Waals surface area contributed by atoms with Gasteiger partial charge in [-0.25, -0.2) is 0 Å². The molecule has 1 saturated heterocycles. The van der Waals surface area contributed by atoms with E-state index in [0.29, 0.717) is 18.9 Å². The Morgan fingerprint density at radius 2 is 1.95 bits per heavy atom. The molecule has 5 nitrogen and oxygen atoms in total. The molecule has 2 N–H and O–H groups in total. The first-order valence-electron chi connectivity index (χ1n) is 7.74. The van der Waals surface area contributed by atoms with Crippen molar-refractivity contribution >= 4 is 11.8 Å². The fourth-order valence-corrected chi connectivity index (χ4v) is 2.85. The molecule has 0 spiro atoms. The van der Waals surface area contributed by atoms with Crippen LogP contribution in [0.2, 0.25) is 0 Å². The third kappa shape index (κ3) is 3.72. The van der Waals surface area contributed by atoms with Gasteiger partial charge in [-0.1, -0.05) is 13.8 Å². The Morgan fingerprint density at radius 3 is 2.40 bits per heavy atom. The number of hydrogen-bond donors (Lipinski definition) is 2. The SMILES string of the molecule is CCN(CC)C(=O)CCNC(=O)C1(C(C)C)CCNC1. The molecule has 0 aromatic carbocycles. The van der Waals surface area contributed by atoms with Gasteiger partial charge in [0.25, 0.3) is 0 Å². The molecule has 0 bridgehead atoms. The average Bonchev–Trinajstić information content (AvgIpc) is 2.90. The average molecular weight is 283 g/mol. The molecule has 2 amide bonds. The van der Waals surface area contributed by atoms with Crippen LogP contribution in [0.5, 0.6) is 0 Å². The van der Waals surface area contributed by atoms with E-state index in [0.717, 1.165) is 32.6 Å². The molecule has 0 saturated carbocycles. The molecule has 1 atom stereocenters. The Hall–Kier alpha value is -1.10. The van der Waals surface area contributed by atoms with E-state index in [1.54, 1.807) is 4.90 Å². The Morgan fingerprint density at radius 1 is 1.30 bits per heavy atom. The van der Waals surface area contributed by atoms with Crippen LogP contribution in [0.25, 0.3) is 0 Å². The molecule has 0 aromatic rings. The highest BCUT2D eigenvalue weighted by atomic mass is 16.2. The zero-order valence-corrected chi connectivity index (χ0v) is 13.3. The lowest BCUT2D eigenvalue weighted by Crippen LogP contribution is -2.47. The molecule has 0 aromatic heterocycles. The molecule has 1 rings (SSSR count). The first kappa shape index (κ1) is 17.0. The van der Waals surface area contributed by atoms with Gasteiger partial charge in [0, 0.05) is 32.6 Å².